The van der Waals surface area contributed by atoms with Crippen molar-refractivity contribution in [3.05, 3.63) is 69.6 Å². The van der Waals surface area contributed by atoms with Crippen molar-refractivity contribution in [1.29, 1.82) is 0 Å². The van der Waals surface area contributed by atoms with E-state index in [9.17, 15) is 14.4 Å². The van der Waals surface area contributed by atoms with Gasteiger partial charge in [0.05, 0.1) is 0 Å². The van der Waals surface area contributed by atoms with Crippen LogP contribution in [-0.4, -0.2) is 11.8 Å². The third-order valence-corrected chi connectivity index (χ3v) is 4.00. The maximum atomic E-state index is 12.5. The van der Waals surface area contributed by atoms with E-state index in [-0.39, 0.29) is 11.8 Å². The van der Waals surface area contributed by atoms with Crippen LogP contribution in [0.1, 0.15) is 28.4 Å². The molecule has 3 rings (SSSR count). The summed E-state index contributed by atoms with van der Waals surface area (Å²) in [6.45, 7) is 5.05. The molecule has 2 amide bonds. The van der Waals surface area contributed by atoms with Gasteiger partial charge >= 0.3 is 5.63 Å². The van der Waals surface area contributed by atoms with Gasteiger partial charge in [0.1, 0.15) is 5.58 Å². The zero-order chi connectivity index (χ0) is 18.8. The van der Waals surface area contributed by atoms with Gasteiger partial charge in [-0.15, -0.1) is 0 Å². The first-order valence-corrected chi connectivity index (χ1v) is 8.07. The van der Waals surface area contributed by atoms with E-state index in [2.05, 4.69) is 10.6 Å². The molecule has 0 unspecified atom stereocenters. The monoisotopic (exact) mass is 350 g/mol. The third-order valence-electron chi connectivity index (χ3n) is 4.00. The number of fused-ring (bicyclic) bond motifs is 1. The minimum atomic E-state index is -0.428. The van der Waals surface area contributed by atoms with Crippen LogP contribution >= 0.6 is 0 Å². The molecule has 1 aromatic heterocycles. The third kappa shape index (κ3) is 3.64. The smallest absolute Gasteiger partial charge is 0.336 e. The molecule has 6 heteroatoms. The van der Waals surface area contributed by atoms with Crippen LogP contribution in [0.3, 0.4) is 0 Å². The second-order valence-corrected chi connectivity index (χ2v) is 6.12. The zero-order valence-electron chi connectivity index (χ0n) is 14.7. The molecule has 0 aliphatic carbocycles. The quantitative estimate of drug-likeness (QED) is 0.706. The number of aryl methyl sites for hydroxylation is 2. The molecule has 0 atom stereocenters. The summed E-state index contributed by atoms with van der Waals surface area (Å²) < 4.78 is 5.20. The Hall–Kier alpha value is -3.41. The molecule has 3 aromatic rings. The molecule has 0 aliphatic heterocycles. The molecule has 0 aliphatic rings. The van der Waals surface area contributed by atoms with Crippen molar-refractivity contribution in [2.45, 2.75) is 20.8 Å². The van der Waals surface area contributed by atoms with Gasteiger partial charge in [0.2, 0.25) is 5.91 Å². The van der Waals surface area contributed by atoms with Gasteiger partial charge in [-0.3, -0.25) is 9.59 Å². The minimum absolute atomic E-state index is 0.172. The summed E-state index contributed by atoms with van der Waals surface area (Å²) in [5.41, 5.74) is 3.20. The molecule has 0 fully saturated rings. The Morgan fingerprint density at radius 3 is 2.27 bits per heavy atom. The Morgan fingerprint density at radius 1 is 0.885 bits per heavy atom. The van der Waals surface area contributed by atoms with Gasteiger partial charge in [-0.2, -0.15) is 0 Å². The van der Waals surface area contributed by atoms with E-state index in [1.807, 2.05) is 6.92 Å². The lowest BCUT2D eigenvalue weighted by Gasteiger charge is -2.10. The van der Waals surface area contributed by atoms with Crippen molar-refractivity contribution in [2.24, 2.45) is 0 Å². The van der Waals surface area contributed by atoms with E-state index >= 15 is 0 Å². The normalized spacial score (nSPS) is 10.6. The highest BCUT2D eigenvalue weighted by molar-refractivity contribution is 6.06. The van der Waals surface area contributed by atoms with Crippen molar-refractivity contribution in [3.63, 3.8) is 0 Å². The Kier molecular flexibility index (Phi) is 4.58. The first-order valence-electron chi connectivity index (χ1n) is 8.07. The van der Waals surface area contributed by atoms with E-state index < -0.39 is 5.63 Å². The van der Waals surface area contributed by atoms with Crippen LogP contribution in [0.15, 0.2) is 51.7 Å². The number of anilines is 2. The van der Waals surface area contributed by atoms with Crippen molar-refractivity contribution in [1.82, 2.24) is 0 Å². The van der Waals surface area contributed by atoms with Crippen molar-refractivity contribution >= 4 is 34.2 Å². The van der Waals surface area contributed by atoms with E-state index in [4.69, 9.17) is 4.42 Å². The molecule has 26 heavy (non-hydrogen) atoms. The minimum Gasteiger partial charge on any atom is -0.423 e. The van der Waals surface area contributed by atoms with Gasteiger partial charge in [-0.05, 0) is 55.3 Å². The first kappa shape index (κ1) is 17.4. The maximum Gasteiger partial charge on any atom is 0.336 e. The molecular weight excluding hydrogens is 332 g/mol. The lowest BCUT2D eigenvalue weighted by atomic mass is 10.1. The average Bonchev–Trinajstić information content (AvgIpc) is 2.53. The fourth-order valence-corrected chi connectivity index (χ4v) is 2.80. The number of benzene rings is 2. The van der Waals surface area contributed by atoms with E-state index in [1.165, 1.54) is 13.0 Å². The Bertz CT molecular complexity index is 1080. The molecule has 1 heterocycles. The standard InChI is InChI=1S/C20H18N2O4/c1-11-8-14(21-13(3)23)5-7-17(11)20(25)22-15-4-6-16-12(2)9-19(24)26-18(16)10-15/h4-10H,1-3H3,(H,21,23)(H,22,25). The molecule has 0 bridgehead atoms. The highest BCUT2D eigenvalue weighted by Crippen LogP contribution is 2.22. The van der Waals surface area contributed by atoms with Gasteiger partial charge in [0.15, 0.2) is 0 Å². The lowest BCUT2D eigenvalue weighted by molar-refractivity contribution is -0.114. The highest BCUT2D eigenvalue weighted by Gasteiger charge is 2.11. The van der Waals surface area contributed by atoms with Crippen molar-refractivity contribution < 1.29 is 14.0 Å². The summed E-state index contributed by atoms with van der Waals surface area (Å²) in [4.78, 5) is 35.2. The fourth-order valence-electron chi connectivity index (χ4n) is 2.80. The molecule has 0 saturated heterocycles. The topological polar surface area (TPSA) is 88.4 Å². The van der Waals surface area contributed by atoms with Crippen LogP contribution < -0.4 is 16.3 Å². The van der Waals surface area contributed by atoms with E-state index in [0.717, 1.165) is 16.5 Å². The number of amides is 2. The van der Waals surface area contributed by atoms with E-state index in [0.29, 0.717) is 22.5 Å². The van der Waals surface area contributed by atoms with E-state index in [1.54, 1.807) is 43.3 Å². The summed E-state index contributed by atoms with van der Waals surface area (Å²) >= 11 is 0. The second-order valence-electron chi connectivity index (χ2n) is 6.12. The van der Waals surface area contributed by atoms with Crippen molar-refractivity contribution in [2.75, 3.05) is 10.6 Å². The molecular formula is C20H18N2O4. The van der Waals surface area contributed by atoms with Crippen LogP contribution in [0.25, 0.3) is 11.0 Å². The molecule has 132 valence electrons. The molecule has 0 radical (unpaired) electrons. The largest absolute Gasteiger partial charge is 0.423 e. The van der Waals surface area contributed by atoms with Crippen molar-refractivity contribution in [3.8, 4) is 0 Å². The number of carbonyl (C=O) groups excluding carboxylic acids is 2. The van der Waals surface area contributed by atoms with Gasteiger partial charge < -0.3 is 15.1 Å². The molecule has 6 nitrogen and oxygen atoms in total. The number of rotatable bonds is 3. The predicted molar refractivity (Wildman–Crippen MR) is 101 cm³/mol. The molecule has 2 N–H and O–H groups in total. The number of carbonyl (C=O) groups is 2. The number of hydrogen-bond donors (Lipinski definition) is 2. The van der Waals surface area contributed by atoms with Gasteiger partial charge in [0.25, 0.3) is 5.91 Å². The van der Waals surface area contributed by atoms with Crippen LogP contribution in [-0.2, 0) is 4.79 Å². The SMILES string of the molecule is CC(=O)Nc1ccc(C(=O)Nc2ccc3c(C)cc(=O)oc3c2)c(C)c1. The van der Waals surface area contributed by atoms with Gasteiger partial charge in [-0.1, -0.05) is 0 Å². The molecule has 2 aromatic carbocycles. The number of nitrogens with one attached hydrogen (secondary N) is 2. The second kappa shape index (κ2) is 6.84. The van der Waals surface area contributed by atoms with Gasteiger partial charge in [-0.25, -0.2) is 4.79 Å². The molecule has 0 spiro atoms. The Balaban J connectivity index is 1.87. The predicted octanol–water partition coefficient (Wildman–Crippen LogP) is 3.62. The Morgan fingerprint density at radius 2 is 1.58 bits per heavy atom. The average molecular weight is 350 g/mol. The highest BCUT2D eigenvalue weighted by atomic mass is 16.4. The summed E-state index contributed by atoms with van der Waals surface area (Å²) in [5, 5.41) is 6.30. The summed E-state index contributed by atoms with van der Waals surface area (Å²) in [6, 6.07) is 11.7. The number of hydrogen-bond acceptors (Lipinski definition) is 4. The van der Waals surface area contributed by atoms with Gasteiger partial charge in [0, 0.05) is 41.4 Å². The van der Waals surface area contributed by atoms with Crippen LogP contribution in [0, 0.1) is 13.8 Å². The van der Waals surface area contributed by atoms with Crippen LogP contribution in [0.5, 0.6) is 0 Å². The molecule has 0 saturated carbocycles. The zero-order valence-corrected chi connectivity index (χ0v) is 14.7. The summed E-state index contributed by atoms with van der Waals surface area (Å²) in [5.74, 6) is -0.458. The Labute approximate surface area is 149 Å². The summed E-state index contributed by atoms with van der Waals surface area (Å²) in [6.07, 6.45) is 0. The summed E-state index contributed by atoms with van der Waals surface area (Å²) in [7, 11) is 0. The van der Waals surface area contributed by atoms with Crippen LogP contribution in [0.4, 0.5) is 11.4 Å². The fraction of sp³-hybridized carbons (Fsp3) is 0.150. The maximum absolute atomic E-state index is 12.5. The van der Waals surface area contributed by atoms with Crippen LogP contribution in [0.2, 0.25) is 0 Å². The lowest BCUT2D eigenvalue weighted by Crippen LogP contribution is -2.14. The first-order chi connectivity index (χ1) is 12.3.